The third kappa shape index (κ3) is 4.44. The van der Waals surface area contributed by atoms with Crippen LogP contribution in [0.5, 0.6) is 0 Å². The molecule has 0 bridgehead atoms. The van der Waals surface area contributed by atoms with Crippen LogP contribution >= 0.6 is 23.6 Å². The first-order chi connectivity index (χ1) is 11.1. The maximum absolute atomic E-state index is 12.4. The number of hydrogen-bond donors (Lipinski definition) is 2. The van der Waals surface area contributed by atoms with Crippen LogP contribution in [-0.4, -0.2) is 23.7 Å². The summed E-state index contributed by atoms with van der Waals surface area (Å²) in [6, 6.07) is 0.357. The summed E-state index contributed by atoms with van der Waals surface area (Å²) in [5.74, 6) is -0.236. The van der Waals surface area contributed by atoms with E-state index in [2.05, 4.69) is 24.5 Å². The van der Waals surface area contributed by atoms with Gasteiger partial charge in [0.1, 0.15) is 5.00 Å². The molecule has 1 aromatic heterocycles. The predicted octanol–water partition coefficient (Wildman–Crippen LogP) is 4.28. The van der Waals surface area contributed by atoms with Crippen LogP contribution in [0.25, 0.3) is 0 Å². The molecule has 0 radical (unpaired) electrons. The van der Waals surface area contributed by atoms with E-state index in [9.17, 15) is 4.79 Å². The molecular weight excluding hydrogens is 328 g/mol. The van der Waals surface area contributed by atoms with Crippen LogP contribution in [0.1, 0.15) is 67.3 Å². The van der Waals surface area contributed by atoms with Gasteiger partial charge >= 0.3 is 5.97 Å². The first kappa shape index (κ1) is 18.2. The van der Waals surface area contributed by atoms with Crippen LogP contribution < -0.4 is 10.6 Å². The summed E-state index contributed by atoms with van der Waals surface area (Å²) < 4.78 is 5.26. The van der Waals surface area contributed by atoms with Gasteiger partial charge in [-0.15, -0.1) is 11.3 Å². The summed E-state index contributed by atoms with van der Waals surface area (Å²) in [6.07, 6.45) is 6.35. The lowest BCUT2D eigenvalue weighted by Gasteiger charge is -2.18. The van der Waals surface area contributed by atoms with Crippen LogP contribution in [0.2, 0.25) is 0 Å². The second kappa shape index (κ2) is 8.64. The van der Waals surface area contributed by atoms with E-state index in [-0.39, 0.29) is 5.97 Å². The first-order valence-electron chi connectivity index (χ1n) is 8.49. The average molecular weight is 355 g/mol. The smallest absolute Gasteiger partial charge is 0.341 e. The highest BCUT2D eigenvalue weighted by Gasteiger charge is 2.26. The quantitative estimate of drug-likeness (QED) is 0.590. The van der Waals surface area contributed by atoms with Crippen molar-refractivity contribution in [3.05, 3.63) is 16.0 Å². The number of ether oxygens (including phenoxy) is 1. The molecule has 0 atom stereocenters. The number of hydrogen-bond acceptors (Lipinski definition) is 4. The number of nitrogens with one attached hydrogen (secondary N) is 2. The molecule has 0 aromatic carbocycles. The molecule has 2 rings (SSSR count). The van der Waals surface area contributed by atoms with E-state index in [1.54, 1.807) is 11.3 Å². The Morgan fingerprint density at radius 2 is 1.96 bits per heavy atom. The summed E-state index contributed by atoms with van der Waals surface area (Å²) in [4.78, 5) is 13.7. The molecule has 0 aliphatic heterocycles. The van der Waals surface area contributed by atoms with Crippen LogP contribution in [0.4, 0.5) is 5.00 Å². The molecule has 0 amide bonds. The normalized spacial score (nSPS) is 13.6. The van der Waals surface area contributed by atoms with Gasteiger partial charge in [0.2, 0.25) is 0 Å². The molecule has 0 spiro atoms. The van der Waals surface area contributed by atoms with E-state index in [0.717, 1.165) is 42.7 Å². The van der Waals surface area contributed by atoms with Crippen molar-refractivity contribution in [2.75, 3.05) is 11.9 Å². The Morgan fingerprint density at radius 3 is 2.61 bits per heavy atom. The van der Waals surface area contributed by atoms with Gasteiger partial charge in [-0.2, -0.15) is 0 Å². The number of carbonyl (C=O) groups is 1. The first-order valence-corrected chi connectivity index (χ1v) is 9.72. The van der Waals surface area contributed by atoms with Crippen molar-refractivity contribution < 1.29 is 9.53 Å². The molecule has 1 aromatic rings. The Kier molecular flexibility index (Phi) is 6.84. The van der Waals surface area contributed by atoms with Crippen LogP contribution in [0.15, 0.2) is 0 Å². The lowest BCUT2D eigenvalue weighted by molar-refractivity contribution is 0.0526. The molecule has 1 heterocycles. The fourth-order valence-electron chi connectivity index (χ4n) is 2.89. The van der Waals surface area contributed by atoms with Gasteiger partial charge in [0.05, 0.1) is 12.2 Å². The summed E-state index contributed by atoms with van der Waals surface area (Å²) in [6.45, 7) is 6.50. The number of fused-ring (bicyclic) bond motifs is 1. The lowest BCUT2D eigenvalue weighted by Crippen LogP contribution is -2.37. The van der Waals surface area contributed by atoms with E-state index in [4.69, 9.17) is 17.0 Å². The Hall–Kier alpha value is -1.14. The monoisotopic (exact) mass is 354 g/mol. The molecule has 128 valence electrons. The summed E-state index contributed by atoms with van der Waals surface area (Å²) in [5, 5.41) is 7.98. The number of thiophene rings is 1. The fourth-order valence-corrected chi connectivity index (χ4v) is 4.51. The third-order valence-corrected chi connectivity index (χ3v) is 5.63. The SMILES string of the molecule is CCOC(=O)c1c(NC(=S)NC(CC)CC)sc2c1CCCC2. The molecular formula is C17H26N2O2S2. The van der Waals surface area contributed by atoms with Gasteiger partial charge in [-0.05, 0) is 63.2 Å². The minimum Gasteiger partial charge on any atom is -0.462 e. The molecule has 2 N–H and O–H groups in total. The van der Waals surface area contributed by atoms with Crippen molar-refractivity contribution >= 4 is 39.6 Å². The predicted molar refractivity (Wildman–Crippen MR) is 101 cm³/mol. The van der Waals surface area contributed by atoms with Crippen molar-refractivity contribution in [2.24, 2.45) is 0 Å². The Labute approximate surface area is 148 Å². The van der Waals surface area contributed by atoms with E-state index in [1.807, 2.05) is 6.92 Å². The maximum Gasteiger partial charge on any atom is 0.341 e. The van der Waals surface area contributed by atoms with Gasteiger partial charge in [0.15, 0.2) is 5.11 Å². The minimum absolute atomic E-state index is 0.236. The van der Waals surface area contributed by atoms with Gasteiger partial charge in [-0.25, -0.2) is 4.79 Å². The topological polar surface area (TPSA) is 50.4 Å². The van der Waals surface area contributed by atoms with Gasteiger partial charge in [-0.3, -0.25) is 0 Å². The number of anilines is 1. The van der Waals surface area contributed by atoms with Crippen molar-refractivity contribution in [1.29, 1.82) is 0 Å². The van der Waals surface area contributed by atoms with Crippen LogP contribution in [0.3, 0.4) is 0 Å². The molecule has 6 heteroatoms. The van der Waals surface area contributed by atoms with Crippen LogP contribution in [0, 0.1) is 0 Å². The average Bonchev–Trinajstić information content (AvgIpc) is 2.90. The highest BCUT2D eigenvalue weighted by molar-refractivity contribution is 7.80. The Morgan fingerprint density at radius 1 is 1.26 bits per heavy atom. The van der Waals surface area contributed by atoms with Gasteiger partial charge < -0.3 is 15.4 Å². The lowest BCUT2D eigenvalue weighted by atomic mass is 9.95. The summed E-state index contributed by atoms with van der Waals surface area (Å²) in [5.41, 5.74) is 1.85. The Balaban J connectivity index is 2.21. The molecule has 4 nitrogen and oxygen atoms in total. The van der Waals surface area contributed by atoms with E-state index < -0.39 is 0 Å². The second-order valence-electron chi connectivity index (χ2n) is 5.75. The fraction of sp³-hybridized carbons (Fsp3) is 0.647. The van der Waals surface area contributed by atoms with Crippen molar-refractivity contribution in [2.45, 2.75) is 65.3 Å². The molecule has 0 fully saturated rings. The highest BCUT2D eigenvalue weighted by Crippen LogP contribution is 2.38. The standard InChI is InChI=1S/C17H26N2O2S2/c1-4-11(5-2)18-17(22)19-15-14(16(20)21-6-3)12-9-7-8-10-13(12)23-15/h11H,4-10H2,1-3H3,(H2,18,19,22). The van der Waals surface area contributed by atoms with E-state index >= 15 is 0 Å². The highest BCUT2D eigenvalue weighted by atomic mass is 32.1. The molecule has 23 heavy (non-hydrogen) atoms. The number of rotatable bonds is 6. The van der Waals surface area contributed by atoms with Crippen molar-refractivity contribution in [3.63, 3.8) is 0 Å². The molecule has 0 saturated heterocycles. The van der Waals surface area contributed by atoms with Gasteiger partial charge in [-0.1, -0.05) is 13.8 Å². The number of aryl methyl sites for hydroxylation is 1. The number of carbonyl (C=O) groups excluding carboxylic acids is 1. The van der Waals surface area contributed by atoms with E-state index in [0.29, 0.717) is 23.3 Å². The second-order valence-corrected chi connectivity index (χ2v) is 7.26. The zero-order valence-corrected chi connectivity index (χ0v) is 15.8. The van der Waals surface area contributed by atoms with Crippen molar-refractivity contribution in [1.82, 2.24) is 5.32 Å². The van der Waals surface area contributed by atoms with Crippen LogP contribution in [-0.2, 0) is 17.6 Å². The minimum atomic E-state index is -0.236. The number of esters is 1. The molecule has 0 unspecified atom stereocenters. The van der Waals surface area contributed by atoms with Crippen molar-refractivity contribution in [3.8, 4) is 0 Å². The zero-order valence-electron chi connectivity index (χ0n) is 14.2. The van der Waals surface area contributed by atoms with Gasteiger partial charge in [0.25, 0.3) is 0 Å². The zero-order chi connectivity index (χ0) is 16.8. The largest absolute Gasteiger partial charge is 0.462 e. The maximum atomic E-state index is 12.4. The summed E-state index contributed by atoms with van der Waals surface area (Å²) in [7, 11) is 0. The third-order valence-electron chi connectivity index (χ3n) is 4.20. The van der Waals surface area contributed by atoms with E-state index in [1.165, 1.54) is 11.3 Å². The van der Waals surface area contributed by atoms with Gasteiger partial charge in [0, 0.05) is 10.9 Å². The molecule has 1 aliphatic carbocycles. The number of thiocarbonyl (C=S) groups is 1. The summed E-state index contributed by atoms with van der Waals surface area (Å²) >= 11 is 7.08. The molecule has 0 saturated carbocycles. The molecule has 1 aliphatic rings. The Bertz CT molecular complexity index is 565.